The van der Waals surface area contributed by atoms with Crippen molar-refractivity contribution in [3.05, 3.63) is 47.1 Å². The lowest BCUT2D eigenvalue weighted by Gasteiger charge is -2.17. The molecule has 0 bridgehead atoms. The molecule has 150 valence electrons. The first-order chi connectivity index (χ1) is 13.3. The zero-order valence-electron chi connectivity index (χ0n) is 15.9. The Morgan fingerprint density at radius 1 is 1.18 bits per heavy atom. The standard InChI is InChI=1S/C19H23ClN4O4/c1-4-12(2)24-16(9-10-22-24)23-18(26)13(3)28-17(25)11-21-19(27)14-5-7-15(20)8-6-14/h5-10,12-13H,4,11H2,1-3H3,(H,21,27)(H,23,26)/t12-,13-/m0/s1. The SMILES string of the molecule is CC[C@H](C)n1nccc1NC(=O)[C@H](C)OC(=O)CNC(=O)c1ccc(Cl)cc1. The molecule has 0 unspecified atom stereocenters. The fraction of sp³-hybridized carbons (Fsp3) is 0.368. The van der Waals surface area contributed by atoms with E-state index in [9.17, 15) is 14.4 Å². The molecule has 28 heavy (non-hydrogen) atoms. The first kappa shape index (κ1) is 21.4. The minimum Gasteiger partial charge on any atom is -0.451 e. The van der Waals surface area contributed by atoms with Gasteiger partial charge in [0.05, 0.1) is 12.2 Å². The Morgan fingerprint density at radius 2 is 1.86 bits per heavy atom. The number of ether oxygens (including phenoxy) is 1. The van der Waals surface area contributed by atoms with Crippen LogP contribution in [-0.2, 0) is 14.3 Å². The van der Waals surface area contributed by atoms with Crippen LogP contribution in [-0.4, -0.2) is 40.2 Å². The van der Waals surface area contributed by atoms with Crippen molar-refractivity contribution < 1.29 is 19.1 Å². The predicted molar refractivity (Wildman–Crippen MR) is 105 cm³/mol. The smallest absolute Gasteiger partial charge is 0.326 e. The van der Waals surface area contributed by atoms with E-state index >= 15 is 0 Å². The average Bonchev–Trinajstić information content (AvgIpc) is 3.14. The summed E-state index contributed by atoms with van der Waals surface area (Å²) in [6.45, 7) is 5.10. The van der Waals surface area contributed by atoms with Gasteiger partial charge in [0, 0.05) is 16.7 Å². The van der Waals surface area contributed by atoms with E-state index in [0.29, 0.717) is 16.4 Å². The molecule has 2 rings (SSSR count). The number of hydrogen-bond donors (Lipinski definition) is 2. The molecule has 2 atom stereocenters. The van der Waals surface area contributed by atoms with E-state index in [1.54, 1.807) is 41.2 Å². The summed E-state index contributed by atoms with van der Waals surface area (Å²) in [7, 11) is 0. The molecule has 0 saturated carbocycles. The Kier molecular flexibility index (Phi) is 7.57. The van der Waals surface area contributed by atoms with Gasteiger partial charge in [-0.2, -0.15) is 5.10 Å². The number of esters is 1. The summed E-state index contributed by atoms with van der Waals surface area (Å²) >= 11 is 5.77. The summed E-state index contributed by atoms with van der Waals surface area (Å²) in [4.78, 5) is 36.2. The molecular formula is C19H23ClN4O4. The van der Waals surface area contributed by atoms with Gasteiger partial charge in [0.25, 0.3) is 11.8 Å². The van der Waals surface area contributed by atoms with E-state index in [1.807, 2.05) is 13.8 Å². The topological polar surface area (TPSA) is 102 Å². The number of aromatic nitrogens is 2. The highest BCUT2D eigenvalue weighted by Gasteiger charge is 2.20. The van der Waals surface area contributed by atoms with Crippen LogP contribution in [0.4, 0.5) is 5.82 Å². The Balaban J connectivity index is 1.83. The van der Waals surface area contributed by atoms with Crippen LogP contribution >= 0.6 is 11.6 Å². The number of carbonyl (C=O) groups is 3. The molecule has 0 aliphatic carbocycles. The number of halogens is 1. The largest absolute Gasteiger partial charge is 0.451 e. The first-order valence-corrected chi connectivity index (χ1v) is 9.27. The van der Waals surface area contributed by atoms with E-state index in [4.69, 9.17) is 16.3 Å². The van der Waals surface area contributed by atoms with E-state index in [0.717, 1.165) is 6.42 Å². The van der Waals surface area contributed by atoms with Crippen LogP contribution in [0.1, 0.15) is 43.6 Å². The highest BCUT2D eigenvalue weighted by Crippen LogP contribution is 2.16. The zero-order valence-corrected chi connectivity index (χ0v) is 16.7. The van der Waals surface area contributed by atoms with Crippen LogP contribution in [0.15, 0.2) is 36.5 Å². The number of carbonyl (C=O) groups excluding carboxylic acids is 3. The van der Waals surface area contributed by atoms with Crippen LogP contribution in [0.5, 0.6) is 0 Å². The van der Waals surface area contributed by atoms with Crippen molar-refractivity contribution in [3.8, 4) is 0 Å². The van der Waals surface area contributed by atoms with Gasteiger partial charge in [-0.25, -0.2) is 4.68 Å². The van der Waals surface area contributed by atoms with Crippen molar-refractivity contribution in [2.45, 2.75) is 39.3 Å². The fourth-order valence-electron chi connectivity index (χ4n) is 2.31. The van der Waals surface area contributed by atoms with Gasteiger partial charge in [-0.3, -0.25) is 14.4 Å². The molecule has 0 aliphatic rings. The van der Waals surface area contributed by atoms with Crippen LogP contribution in [0.25, 0.3) is 0 Å². The summed E-state index contributed by atoms with van der Waals surface area (Å²) in [6.07, 6.45) is 1.41. The van der Waals surface area contributed by atoms with E-state index < -0.39 is 23.9 Å². The summed E-state index contributed by atoms with van der Waals surface area (Å²) in [6, 6.07) is 8.02. The van der Waals surface area contributed by atoms with Crippen LogP contribution in [0.2, 0.25) is 5.02 Å². The van der Waals surface area contributed by atoms with Gasteiger partial charge in [0.2, 0.25) is 0 Å². The maximum Gasteiger partial charge on any atom is 0.326 e. The molecule has 0 fully saturated rings. The van der Waals surface area contributed by atoms with Gasteiger partial charge < -0.3 is 15.4 Å². The molecule has 0 aliphatic heterocycles. The maximum absolute atomic E-state index is 12.3. The first-order valence-electron chi connectivity index (χ1n) is 8.89. The summed E-state index contributed by atoms with van der Waals surface area (Å²) in [5.74, 6) is -1.12. The second kappa shape index (κ2) is 9.89. The third kappa shape index (κ3) is 5.82. The third-order valence-corrected chi connectivity index (χ3v) is 4.36. The number of anilines is 1. The molecule has 1 aromatic heterocycles. The minimum absolute atomic E-state index is 0.117. The molecule has 2 aromatic rings. The molecule has 1 heterocycles. The highest BCUT2D eigenvalue weighted by atomic mass is 35.5. The van der Waals surface area contributed by atoms with Gasteiger partial charge in [-0.1, -0.05) is 18.5 Å². The molecule has 0 saturated heterocycles. The monoisotopic (exact) mass is 406 g/mol. The molecule has 8 nitrogen and oxygen atoms in total. The predicted octanol–water partition coefficient (Wildman–Crippen LogP) is 2.81. The van der Waals surface area contributed by atoms with Crippen molar-refractivity contribution in [2.24, 2.45) is 0 Å². The molecule has 9 heteroatoms. The summed E-state index contributed by atoms with van der Waals surface area (Å²) in [5, 5.41) is 9.82. The highest BCUT2D eigenvalue weighted by molar-refractivity contribution is 6.30. The minimum atomic E-state index is -1.03. The number of amides is 2. The Labute approximate surface area is 168 Å². The average molecular weight is 407 g/mol. The second-order valence-electron chi connectivity index (χ2n) is 6.23. The molecule has 0 radical (unpaired) electrons. The normalized spacial score (nSPS) is 12.7. The number of rotatable bonds is 8. The van der Waals surface area contributed by atoms with Gasteiger partial charge in [0.1, 0.15) is 12.4 Å². The third-order valence-electron chi connectivity index (χ3n) is 4.11. The number of nitrogens with zero attached hydrogens (tertiary/aromatic N) is 2. The Hall–Kier alpha value is -2.87. The Morgan fingerprint density at radius 3 is 2.50 bits per heavy atom. The van der Waals surface area contributed by atoms with E-state index in [2.05, 4.69) is 15.7 Å². The summed E-state index contributed by atoms with van der Waals surface area (Å²) < 4.78 is 6.77. The number of hydrogen-bond acceptors (Lipinski definition) is 5. The quantitative estimate of drug-likeness (QED) is 0.656. The van der Waals surface area contributed by atoms with Crippen molar-refractivity contribution in [1.82, 2.24) is 15.1 Å². The van der Waals surface area contributed by atoms with Gasteiger partial charge in [-0.05, 0) is 44.5 Å². The molecule has 2 N–H and O–H groups in total. The van der Waals surface area contributed by atoms with Crippen molar-refractivity contribution in [3.63, 3.8) is 0 Å². The Bertz CT molecular complexity index is 835. The van der Waals surface area contributed by atoms with Gasteiger partial charge >= 0.3 is 5.97 Å². The number of nitrogens with one attached hydrogen (secondary N) is 2. The maximum atomic E-state index is 12.3. The van der Waals surface area contributed by atoms with Crippen LogP contribution in [0, 0.1) is 0 Å². The van der Waals surface area contributed by atoms with Crippen molar-refractivity contribution in [1.29, 1.82) is 0 Å². The lowest BCUT2D eigenvalue weighted by Crippen LogP contribution is -2.36. The van der Waals surface area contributed by atoms with E-state index in [1.165, 1.54) is 6.92 Å². The number of benzene rings is 1. The fourth-order valence-corrected chi connectivity index (χ4v) is 2.44. The van der Waals surface area contributed by atoms with Crippen LogP contribution < -0.4 is 10.6 Å². The van der Waals surface area contributed by atoms with Crippen LogP contribution in [0.3, 0.4) is 0 Å². The molecule has 0 spiro atoms. The zero-order chi connectivity index (χ0) is 20.7. The van der Waals surface area contributed by atoms with Gasteiger partial charge in [0.15, 0.2) is 6.10 Å². The van der Waals surface area contributed by atoms with Crippen molar-refractivity contribution >= 4 is 35.2 Å². The molecule has 2 amide bonds. The van der Waals surface area contributed by atoms with E-state index in [-0.39, 0.29) is 12.6 Å². The lowest BCUT2D eigenvalue weighted by atomic mass is 10.2. The molecule has 1 aromatic carbocycles. The summed E-state index contributed by atoms with van der Waals surface area (Å²) in [5.41, 5.74) is 0.362. The second-order valence-corrected chi connectivity index (χ2v) is 6.67. The van der Waals surface area contributed by atoms with Gasteiger partial charge in [-0.15, -0.1) is 0 Å². The lowest BCUT2D eigenvalue weighted by molar-refractivity contribution is -0.152. The van der Waals surface area contributed by atoms with Crippen molar-refractivity contribution in [2.75, 3.05) is 11.9 Å². The molecular weight excluding hydrogens is 384 g/mol.